The van der Waals surface area contributed by atoms with Gasteiger partial charge in [0.05, 0.1) is 12.6 Å². The maximum absolute atomic E-state index is 9.42. The lowest BCUT2D eigenvalue weighted by atomic mass is 10.2. The van der Waals surface area contributed by atoms with E-state index in [4.69, 9.17) is 11.6 Å². The molecular weight excluding hydrogens is 254 g/mol. The first-order valence-electron chi connectivity index (χ1n) is 5.38. The van der Waals surface area contributed by atoms with Gasteiger partial charge in [-0.25, -0.2) is 0 Å². The van der Waals surface area contributed by atoms with Crippen LogP contribution in [0.2, 0.25) is 5.02 Å². The zero-order chi connectivity index (χ0) is 12.3. The summed E-state index contributed by atoms with van der Waals surface area (Å²) in [6, 6.07) is 11.5. The Morgan fingerprint density at radius 1 is 1.24 bits per heavy atom. The van der Waals surface area contributed by atoms with Crippen LogP contribution in [0.4, 0.5) is 5.69 Å². The Kier molecular flexibility index (Phi) is 4.05. The molecule has 0 fully saturated rings. The van der Waals surface area contributed by atoms with E-state index in [-0.39, 0.29) is 12.6 Å². The molecule has 0 aliphatic rings. The quantitative estimate of drug-likeness (QED) is 0.882. The second kappa shape index (κ2) is 5.54. The Bertz CT molecular complexity index is 480. The lowest BCUT2D eigenvalue weighted by Gasteiger charge is -2.16. The first-order valence-corrected chi connectivity index (χ1v) is 6.58. The van der Waals surface area contributed by atoms with Crippen LogP contribution in [0.3, 0.4) is 0 Å². The monoisotopic (exact) mass is 267 g/mol. The van der Waals surface area contributed by atoms with Crippen LogP contribution in [0.15, 0.2) is 36.4 Å². The Balaban J connectivity index is 2.12. The van der Waals surface area contributed by atoms with Crippen molar-refractivity contribution >= 4 is 28.6 Å². The van der Waals surface area contributed by atoms with Crippen molar-refractivity contribution < 1.29 is 5.11 Å². The highest BCUT2D eigenvalue weighted by molar-refractivity contribution is 7.12. The third-order valence-corrected chi connectivity index (χ3v) is 3.84. The molecule has 1 aromatic heterocycles. The van der Waals surface area contributed by atoms with E-state index in [2.05, 4.69) is 18.3 Å². The summed E-state index contributed by atoms with van der Waals surface area (Å²) in [7, 11) is 0. The van der Waals surface area contributed by atoms with Gasteiger partial charge < -0.3 is 10.4 Å². The van der Waals surface area contributed by atoms with Gasteiger partial charge in [0.2, 0.25) is 0 Å². The molecule has 0 spiro atoms. The summed E-state index contributed by atoms with van der Waals surface area (Å²) in [5.74, 6) is 0. The standard InChI is InChI=1S/C13H14ClNOS/c1-9-2-7-13(17-9)12(8-16)15-11-5-3-10(14)4-6-11/h2-7,12,15-16H,8H2,1H3. The molecule has 0 amide bonds. The first-order chi connectivity index (χ1) is 8.19. The van der Waals surface area contributed by atoms with E-state index in [0.29, 0.717) is 5.02 Å². The fourth-order valence-electron chi connectivity index (χ4n) is 1.59. The van der Waals surface area contributed by atoms with E-state index in [0.717, 1.165) is 10.6 Å². The number of rotatable bonds is 4. The van der Waals surface area contributed by atoms with Crippen LogP contribution in [0.5, 0.6) is 0 Å². The van der Waals surface area contributed by atoms with Crippen LogP contribution in [0.1, 0.15) is 15.8 Å². The molecule has 0 bridgehead atoms. The molecule has 1 atom stereocenters. The molecule has 2 rings (SSSR count). The van der Waals surface area contributed by atoms with Crippen molar-refractivity contribution in [1.82, 2.24) is 0 Å². The lowest BCUT2D eigenvalue weighted by Crippen LogP contribution is -2.13. The number of hydrogen-bond donors (Lipinski definition) is 2. The first kappa shape index (κ1) is 12.4. The Labute approximate surface area is 110 Å². The van der Waals surface area contributed by atoms with E-state index in [9.17, 15) is 5.11 Å². The molecule has 0 saturated heterocycles. The zero-order valence-electron chi connectivity index (χ0n) is 9.48. The van der Waals surface area contributed by atoms with Gasteiger partial charge in [-0.1, -0.05) is 11.6 Å². The van der Waals surface area contributed by atoms with Crippen LogP contribution in [-0.2, 0) is 0 Å². The van der Waals surface area contributed by atoms with Gasteiger partial charge >= 0.3 is 0 Å². The molecule has 0 saturated carbocycles. The van der Waals surface area contributed by atoms with Gasteiger partial charge in [-0.05, 0) is 43.3 Å². The summed E-state index contributed by atoms with van der Waals surface area (Å²) in [5.41, 5.74) is 0.958. The molecule has 17 heavy (non-hydrogen) atoms. The summed E-state index contributed by atoms with van der Waals surface area (Å²) < 4.78 is 0. The minimum Gasteiger partial charge on any atom is -0.394 e. The number of aliphatic hydroxyl groups excluding tert-OH is 1. The minimum absolute atomic E-state index is 0.0603. The highest BCUT2D eigenvalue weighted by atomic mass is 35.5. The molecule has 0 aliphatic heterocycles. The Morgan fingerprint density at radius 2 is 1.94 bits per heavy atom. The van der Waals surface area contributed by atoms with Gasteiger partial charge in [-0.3, -0.25) is 0 Å². The average molecular weight is 268 g/mol. The van der Waals surface area contributed by atoms with E-state index in [1.54, 1.807) is 11.3 Å². The maximum atomic E-state index is 9.42. The summed E-state index contributed by atoms with van der Waals surface area (Å²) in [6.45, 7) is 2.13. The van der Waals surface area contributed by atoms with E-state index >= 15 is 0 Å². The molecule has 1 aromatic carbocycles. The highest BCUT2D eigenvalue weighted by Gasteiger charge is 2.11. The number of thiophene rings is 1. The molecule has 0 radical (unpaired) electrons. The second-order valence-corrected chi connectivity index (χ2v) is 5.59. The molecule has 1 unspecified atom stereocenters. The lowest BCUT2D eigenvalue weighted by molar-refractivity contribution is 0.278. The van der Waals surface area contributed by atoms with Crippen molar-refractivity contribution in [2.24, 2.45) is 0 Å². The molecule has 2 N–H and O–H groups in total. The normalized spacial score (nSPS) is 12.4. The smallest absolute Gasteiger partial charge is 0.0837 e. The van der Waals surface area contributed by atoms with Crippen LogP contribution < -0.4 is 5.32 Å². The molecule has 1 heterocycles. The highest BCUT2D eigenvalue weighted by Crippen LogP contribution is 2.26. The number of aryl methyl sites for hydroxylation is 1. The third kappa shape index (κ3) is 3.22. The summed E-state index contributed by atoms with van der Waals surface area (Å²) in [5, 5.41) is 13.4. The molecular formula is C13H14ClNOS. The van der Waals surface area contributed by atoms with Crippen LogP contribution in [-0.4, -0.2) is 11.7 Å². The molecule has 2 nitrogen and oxygen atoms in total. The van der Waals surface area contributed by atoms with Gasteiger partial charge in [-0.15, -0.1) is 11.3 Å². The number of anilines is 1. The van der Waals surface area contributed by atoms with Gasteiger partial charge in [0.25, 0.3) is 0 Å². The summed E-state index contributed by atoms with van der Waals surface area (Å²) in [4.78, 5) is 2.39. The Morgan fingerprint density at radius 3 is 2.47 bits per heavy atom. The fourth-order valence-corrected chi connectivity index (χ4v) is 2.64. The van der Waals surface area contributed by atoms with E-state index < -0.39 is 0 Å². The number of benzene rings is 1. The Hall–Kier alpha value is -1.03. The number of aliphatic hydroxyl groups is 1. The average Bonchev–Trinajstić information content (AvgIpc) is 2.75. The van der Waals surface area contributed by atoms with E-state index in [1.807, 2.05) is 30.3 Å². The van der Waals surface area contributed by atoms with Gasteiger partial charge in [0.15, 0.2) is 0 Å². The van der Waals surface area contributed by atoms with Crippen LogP contribution in [0, 0.1) is 6.92 Å². The molecule has 90 valence electrons. The minimum atomic E-state index is -0.0603. The topological polar surface area (TPSA) is 32.3 Å². The van der Waals surface area contributed by atoms with Crippen molar-refractivity contribution in [2.75, 3.05) is 11.9 Å². The number of hydrogen-bond acceptors (Lipinski definition) is 3. The van der Waals surface area contributed by atoms with Gasteiger partial charge in [0.1, 0.15) is 0 Å². The molecule has 2 aromatic rings. The fraction of sp³-hybridized carbons (Fsp3) is 0.231. The van der Waals surface area contributed by atoms with Gasteiger partial charge in [0, 0.05) is 20.5 Å². The van der Waals surface area contributed by atoms with Crippen molar-refractivity contribution in [3.63, 3.8) is 0 Å². The largest absolute Gasteiger partial charge is 0.394 e. The zero-order valence-corrected chi connectivity index (χ0v) is 11.1. The second-order valence-electron chi connectivity index (χ2n) is 3.83. The van der Waals surface area contributed by atoms with Gasteiger partial charge in [-0.2, -0.15) is 0 Å². The van der Waals surface area contributed by atoms with Crippen molar-refractivity contribution in [3.8, 4) is 0 Å². The number of nitrogens with one attached hydrogen (secondary N) is 1. The van der Waals surface area contributed by atoms with Crippen molar-refractivity contribution in [2.45, 2.75) is 13.0 Å². The van der Waals surface area contributed by atoms with Crippen molar-refractivity contribution in [1.29, 1.82) is 0 Å². The summed E-state index contributed by atoms with van der Waals surface area (Å²) in [6.07, 6.45) is 0. The van der Waals surface area contributed by atoms with Crippen molar-refractivity contribution in [3.05, 3.63) is 51.2 Å². The van der Waals surface area contributed by atoms with Crippen LogP contribution >= 0.6 is 22.9 Å². The van der Waals surface area contributed by atoms with E-state index in [1.165, 1.54) is 4.88 Å². The predicted octanol–water partition coefficient (Wildman–Crippen LogP) is 3.86. The number of halogens is 1. The molecule has 4 heteroatoms. The van der Waals surface area contributed by atoms with Crippen LogP contribution in [0.25, 0.3) is 0 Å². The molecule has 0 aliphatic carbocycles. The maximum Gasteiger partial charge on any atom is 0.0837 e. The summed E-state index contributed by atoms with van der Waals surface area (Å²) >= 11 is 7.52. The third-order valence-electron chi connectivity index (χ3n) is 2.47. The predicted molar refractivity (Wildman–Crippen MR) is 74.0 cm³/mol. The SMILES string of the molecule is Cc1ccc(C(CO)Nc2ccc(Cl)cc2)s1.